The summed E-state index contributed by atoms with van der Waals surface area (Å²) in [6.45, 7) is 5.30. The number of rotatable bonds is 8. The summed E-state index contributed by atoms with van der Waals surface area (Å²) in [6.07, 6.45) is 3.27. The number of nitrogens with zero attached hydrogens (tertiary/aromatic N) is 1. The van der Waals surface area contributed by atoms with Gasteiger partial charge in [-0.05, 0) is 31.4 Å². The number of halogens is 1. The second kappa shape index (κ2) is 11.5. The molecule has 1 aromatic rings. The summed E-state index contributed by atoms with van der Waals surface area (Å²) in [4.78, 5) is 4.24. The summed E-state index contributed by atoms with van der Waals surface area (Å²) in [5, 5.41) is 6.65. The number of unbranched alkanes of at least 4 members (excludes halogenated alkanes) is 1. The Labute approximate surface area is 156 Å². The van der Waals surface area contributed by atoms with Crippen LogP contribution in [0.4, 0.5) is 0 Å². The Morgan fingerprint density at radius 1 is 1.30 bits per heavy atom. The lowest BCUT2D eigenvalue weighted by Gasteiger charge is -2.15. The van der Waals surface area contributed by atoms with Crippen molar-refractivity contribution in [3.63, 3.8) is 0 Å². The normalized spacial score (nSPS) is 16.3. The predicted octanol–water partition coefficient (Wildman–Crippen LogP) is 2.59. The first-order valence-corrected chi connectivity index (χ1v) is 8.10. The smallest absolute Gasteiger partial charge is 0.191 e. The minimum Gasteiger partial charge on any atom is -0.488 e. The van der Waals surface area contributed by atoms with Gasteiger partial charge in [0.2, 0.25) is 0 Å². The van der Waals surface area contributed by atoms with Crippen LogP contribution in [-0.4, -0.2) is 45.4 Å². The zero-order chi connectivity index (χ0) is 15.6. The van der Waals surface area contributed by atoms with Gasteiger partial charge in [0.15, 0.2) is 5.96 Å². The fraction of sp³-hybridized carbons (Fsp3) is 0.588. The van der Waals surface area contributed by atoms with Gasteiger partial charge in [-0.3, -0.25) is 4.99 Å². The second-order valence-corrected chi connectivity index (χ2v) is 5.34. The van der Waals surface area contributed by atoms with Gasteiger partial charge < -0.3 is 20.1 Å². The van der Waals surface area contributed by atoms with E-state index in [1.165, 1.54) is 5.56 Å². The second-order valence-electron chi connectivity index (χ2n) is 5.34. The lowest BCUT2D eigenvalue weighted by Crippen LogP contribution is -2.42. The largest absolute Gasteiger partial charge is 0.488 e. The highest BCUT2D eigenvalue weighted by atomic mass is 127. The van der Waals surface area contributed by atoms with E-state index in [-0.39, 0.29) is 30.1 Å². The van der Waals surface area contributed by atoms with Crippen LogP contribution in [0.3, 0.4) is 0 Å². The van der Waals surface area contributed by atoms with Gasteiger partial charge in [0.1, 0.15) is 11.9 Å². The van der Waals surface area contributed by atoms with Crippen LogP contribution in [-0.2, 0) is 11.2 Å². The van der Waals surface area contributed by atoms with Gasteiger partial charge >= 0.3 is 0 Å². The van der Waals surface area contributed by atoms with Gasteiger partial charge in [-0.15, -0.1) is 24.0 Å². The molecule has 0 saturated heterocycles. The maximum atomic E-state index is 5.91. The van der Waals surface area contributed by atoms with Gasteiger partial charge in [-0.1, -0.05) is 18.2 Å². The Bertz CT molecular complexity index is 458. The van der Waals surface area contributed by atoms with Crippen molar-refractivity contribution in [3.05, 3.63) is 29.8 Å². The van der Waals surface area contributed by atoms with E-state index in [4.69, 9.17) is 9.47 Å². The third kappa shape index (κ3) is 6.95. The quantitative estimate of drug-likeness (QED) is 0.287. The molecule has 1 aromatic carbocycles. The summed E-state index contributed by atoms with van der Waals surface area (Å²) < 4.78 is 11.2. The summed E-state index contributed by atoms with van der Waals surface area (Å²) in [5.41, 5.74) is 1.29. The maximum absolute atomic E-state index is 5.91. The SMILES string of the molecule is CCOCCCCNC(=NC)NCC1Cc2ccccc2O1.I. The van der Waals surface area contributed by atoms with Gasteiger partial charge in [-0.2, -0.15) is 0 Å². The minimum absolute atomic E-state index is 0. The van der Waals surface area contributed by atoms with Crippen LogP contribution in [0.2, 0.25) is 0 Å². The van der Waals surface area contributed by atoms with E-state index < -0.39 is 0 Å². The molecule has 0 bridgehead atoms. The third-order valence-corrected chi connectivity index (χ3v) is 3.65. The summed E-state index contributed by atoms with van der Waals surface area (Å²) in [7, 11) is 1.79. The highest BCUT2D eigenvalue weighted by Crippen LogP contribution is 2.27. The Morgan fingerprint density at radius 2 is 2.13 bits per heavy atom. The third-order valence-electron chi connectivity index (χ3n) is 3.65. The monoisotopic (exact) mass is 433 g/mol. The lowest BCUT2D eigenvalue weighted by atomic mass is 10.1. The molecular weight excluding hydrogens is 405 g/mol. The van der Waals surface area contributed by atoms with E-state index in [1.54, 1.807) is 7.05 Å². The van der Waals surface area contributed by atoms with Crippen molar-refractivity contribution in [1.82, 2.24) is 10.6 Å². The van der Waals surface area contributed by atoms with E-state index >= 15 is 0 Å². The summed E-state index contributed by atoms with van der Waals surface area (Å²) in [5.74, 6) is 1.84. The summed E-state index contributed by atoms with van der Waals surface area (Å²) in [6, 6.07) is 8.22. The highest BCUT2D eigenvalue weighted by molar-refractivity contribution is 14.0. The number of hydrogen-bond acceptors (Lipinski definition) is 3. The number of guanidine groups is 1. The number of para-hydroxylation sites is 1. The molecule has 0 spiro atoms. The standard InChI is InChI=1S/C17H27N3O2.HI/c1-3-21-11-7-6-10-19-17(18-2)20-13-15-12-14-8-4-5-9-16(14)22-15;/h4-5,8-9,15H,3,6-7,10-13H2,1-2H3,(H2,18,19,20);1H. The van der Waals surface area contributed by atoms with Crippen molar-refractivity contribution < 1.29 is 9.47 Å². The van der Waals surface area contributed by atoms with Crippen molar-refractivity contribution in [2.75, 3.05) is 33.4 Å². The van der Waals surface area contributed by atoms with E-state index in [1.807, 2.05) is 19.1 Å². The highest BCUT2D eigenvalue weighted by Gasteiger charge is 2.22. The molecule has 23 heavy (non-hydrogen) atoms. The zero-order valence-corrected chi connectivity index (χ0v) is 16.3. The first kappa shape index (κ1) is 20.0. The topological polar surface area (TPSA) is 54.9 Å². The van der Waals surface area contributed by atoms with Crippen molar-refractivity contribution in [1.29, 1.82) is 0 Å². The summed E-state index contributed by atoms with van der Waals surface area (Å²) >= 11 is 0. The molecule has 1 aliphatic heterocycles. The van der Waals surface area contributed by atoms with E-state index in [0.717, 1.165) is 57.3 Å². The van der Waals surface area contributed by atoms with E-state index in [2.05, 4.69) is 27.8 Å². The first-order valence-electron chi connectivity index (χ1n) is 8.10. The molecular formula is C17H28IN3O2. The molecule has 1 atom stereocenters. The van der Waals surface area contributed by atoms with Crippen molar-refractivity contribution >= 4 is 29.9 Å². The van der Waals surface area contributed by atoms with Crippen LogP contribution in [0, 0.1) is 0 Å². The molecule has 5 nitrogen and oxygen atoms in total. The minimum atomic E-state index is 0. The molecule has 2 N–H and O–H groups in total. The molecule has 130 valence electrons. The number of fused-ring (bicyclic) bond motifs is 1. The predicted molar refractivity (Wildman–Crippen MR) is 105 cm³/mol. The average Bonchev–Trinajstić information content (AvgIpc) is 2.96. The molecule has 0 fully saturated rings. The fourth-order valence-corrected chi connectivity index (χ4v) is 2.48. The molecule has 2 rings (SSSR count). The molecule has 0 aliphatic carbocycles. The molecule has 0 saturated carbocycles. The van der Waals surface area contributed by atoms with Crippen LogP contribution in [0.15, 0.2) is 29.3 Å². The molecule has 1 unspecified atom stereocenters. The number of aliphatic imine (C=N–C) groups is 1. The van der Waals surface area contributed by atoms with Crippen molar-refractivity contribution in [2.45, 2.75) is 32.3 Å². The fourth-order valence-electron chi connectivity index (χ4n) is 2.48. The Kier molecular flexibility index (Phi) is 10.0. The van der Waals surface area contributed by atoms with E-state index in [0.29, 0.717) is 0 Å². The van der Waals surface area contributed by atoms with Crippen LogP contribution < -0.4 is 15.4 Å². The number of benzene rings is 1. The first-order chi connectivity index (χ1) is 10.8. The molecule has 0 radical (unpaired) electrons. The molecule has 1 heterocycles. The zero-order valence-electron chi connectivity index (χ0n) is 14.0. The Hall–Kier alpha value is -1.02. The van der Waals surface area contributed by atoms with Crippen LogP contribution in [0.5, 0.6) is 5.75 Å². The van der Waals surface area contributed by atoms with Gasteiger partial charge in [0.05, 0.1) is 6.54 Å². The van der Waals surface area contributed by atoms with E-state index in [9.17, 15) is 0 Å². The molecule has 0 aromatic heterocycles. The van der Waals surface area contributed by atoms with Crippen molar-refractivity contribution in [2.24, 2.45) is 4.99 Å². The Balaban J connectivity index is 0.00000264. The van der Waals surface area contributed by atoms with Gasteiger partial charge in [0, 0.05) is 33.2 Å². The van der Waals surface area contributed by atoms with Gasteiger partial charge in [0.25, 0.3) is 0 Å². The Morgan fingerprint density at radius 3 is 2.87 bits per heavy atom. The number of hydrogen-bond donors (Lipinski definition) is 2. The van der Waals surface area contributed by atoms with Gasteiger partial charge in [-0.25, -0.2) is 0 Å². The van der Waals surface area contributed by atoms with Crippen molar-refractivity contribution in [3.8, 4) is 5.75 Å². The van der Waals surface area contributed by atoms with Crippen LogP contribution in [0.25, 0.3) is 0 Å². The average molecular weight is 433 g/mol. The van der Waals surface area contributed by atoms with Crippen LogP contribution in [0.1, 0.15) is 25.3 Å². The number of ether oxygens (including phenoxy) is 2. The number of nitrogens with one attached hydrogen (secondary N) is 2. The molecule has 1 aliphatic rings. The molecule has 6 heteroatoms. The van der Waals surface area contributed by atoms with Crippen LogP contribution >= 0.6 is 24.0 Å². The lowest BCUT2D eigenvalue weighted by molar-refractivity contribution is 0.143. The molecule has 0 amide bonds. The maximum Gasteiger partial charge on any atom is 0.191 e.